The van der Waals surface area contributed by atoms with Crippen LogP contribution in [0.4, 0.5) is 5.69 Å². The third-order valence-electron chi connectivity index (χ3n) is 3.99. The van der Waals surface area contributed by atoms with Gasteiger partial charge in [0.25, 0.3) is 5.69 Å². The Balaban J connectivity index is 2.01. The van der Waals surface area contributed by atoms with Gasteiger partial charge in [-0.25, -0.2) is 9.48 Å². The lowest BCUT2D eigenvalue weighted by Crippen LogP contribution is -2.13. The number of hydrogen-bond donors (Lipinski definition) is 0. The molecule has 1 heterocycles. The fourth-order valence-corrected chi connectivity index (χ4v) is 2.68. The summed E-state index contributed by atoms with van der Waals surface area (Å²) in [6.07, 6.45) is 0. The molecule has 0 N–H and O–H groups in total. The second-order valence-corrected chi connectivity index (χ2v) is 7.64. The quantitative estimate of drug-likeness (QED) is 0.352. The van der Waals surface area contributed by atoms with Gasteiger partial charge in [0.05, 0.1) is 21.9 Å². The highest BCUT2D eigenvalue weighted by molar-refractivity contribution is 6.30. The molecule has 0 saturated carbocycles. The first-order chi connectivity index (χ1) is 13.1. The van der Waals surface area contributed by atoms with Crippen molar-refractivity contribution in [2.75, 3.05) is 0 Å². The van der Waals surface area contributed by atoms with Crippen LogP contribution in [0.5, 0.6) is 5.88 Å². The standard InChI is InChI=1S/C20H18ClN3O4/c1-20(2,3)17-12-18(23(22-17)15-8-5-7-14(21)11-15)28-19(25)13-6-4-9-16(10-13)24(26)27/h4-12H,1-3H3. The number of hydrogen-bond acceptors (Lipinski definition) is 5. The summed E-state index contributed by atoms with van der Waals surface area (Å²) in [7, 11) is 0. The third-order valence-corrected chi connectivity index (χ3v) is 4.22. The maximum atomic E-state index is 12.6. The Kier molecular flexibility index (Phi) is 5.20. The second-order valence-electron chi connectivity index (χ2n) is 7.21. The van der Waals surface area contributed by atoms with Crippen LogP contribution >= 0.6 is 11.6 Å². The van der Waals surface area contributed by atoms with Crippen LogP contribution < -0.4 is 4.74 Å². The van der Waals surface area contributed by atoms with E-state index in [-0.39, 0.29) is 22.5 Å². The molecule has 0 aliphatic heterocycles. The highest BCUT2D eigenvalue weighted by Crippen LogP contribution is 2.29. The first-order valence-corrected chi connectivity index (χ1v) is 8.86. The number of aromatic nitrogens is 2. The van der Waals surface area contributed by atoms with E-state index < -0.39 is 10.9 Å². The Morgan fingerprint density at radius 1 is 1.14 bits per heavy atom. The van der Waals surface area contributed by atoms with Gasteiger partial charge in [-0.15, -0.1) is 0 Å². The molecule has 0 saturated heterocycles. The van der Waals surface area contributed by atoms with E-state index >= 15 is 0 Å². The largest absolute Gasteiger partial charge is 0.404 e. The van der Waals surface area contributed by atoms with Crippen LogP contribution in [0.15, 0.2) is 54.6 Å². The monoisotopic (exact) mass is 399 g/mol. The number of non-ortho nitro benzene ring substituents is 1. The number of benzene rings is 2. The van der Waals surface area contributed by atoms with Crippen molar-refractivity contribution in [2.24, 2.45) is 0 Å². The lowest BCUT2D eigenvalue weighted by molar-refractivity contribution is -0.384. The Labute approximate surface area is 166 Å². The summed E-state index contributed by atoms with van der Waals surface area (Å²) in [5.41, 5.74) is 0.953. The minimum Gasteiger partial charge on any atom is -0.404 e. The number of halogens is 1. The van der Waals surface area contributed by atoms with Gasteiger partial charge < -0.3 is 4.74 Å². The molecule has 8 heteroatoms. The normalized spacial score (nSPS) is 11.3. The minimum atomic E-state index is -0.715. The summed E-state index contributed by atoms with van der Waals surface area (Å²) >= 11 is 6.08. The molecule has 0 aliphatic carbocycles. The molecule has 1 aromatic heterocycles. The fourth-order valence-electron chi connectivity index (χ4n) is 2.50. The maximum Gasteiger partial charge on any atom is 0.345 e. The molecule has 0 atom stereocenters. The van der Waals surface area contributed by atoms with Crippen molar-refractivity contribution in [3.63, 3.8) is 0 Å². The van der Waals surface area contributed by atoms with E-state index in [0.717, 1.165) is 0 Å². The average molecular weight is 400 g/mol. The smallest absolute Gasteiger partial charge is 0.345 e. The molecule has 0 spiro atoms. The summed E-state index contributed by atoms with van der Waals surface area (Å²) in [4.78, 5) is 23.0. The molecule has 3 aromatic rings. The van der Waals surface area contributed by atoms with E-state index in [2.05, 4.69) is 5.10 Å². The lowest BCUT2D eigenvalue weighted by atomic mass is 9.93. The van der Waals surface area contributed by atoms with Crippen LogP contribution in [0.1, 0.15) is 36.8 Å². The van der Waals surface area contributed by atoms with Crippen LogP contribution in [0.2, 0.25) is 5.02 Å². The first kappa shape index (κ1) is 19.6. The van der Waals surface area contributed by atoms with Crippen LogP contribution in [0.3, 0.4) is 0 Å². The van der Waals surface area contributed by atoms with Crippen LogP contribution in [0, 0.1) is 10.1 Å². The van der Waals surface area contributed by atoms with Crippen LogP contribution in [-0.2, 0) is 5.41 Å². The number of esters is 1. The van der Waals surface area contributed by atoms with Gasteiger partial charge in [-0.2, -0.15) is 5.10 Å². The highest BCUT2D eigenvalue weighted by atomic mass is 35.5. The van der Waals surface area contributed by atoms with Gasteiger partial charge in [0, 0.05) is 28.6 Å². The van der Waals surface area contributed by atoms with Crippen molar-refractivity contribution < 1.29 is 14.5 Å². The van der Waals surface area contributed by atoms with Gasteiger partial charge in [0.15, 0.2) is 0 Å². The zero-order valence-electron chi connectivity index (χ0n) is 15.5. The van der Waals surface area contributed by atoms with E-state index in [1.165, 1.54) is 28.9 Å². The number of carbonyl (C=O) groups is 1. The number of ether oxygens (including phenoxy) is 1. The van der Waals surface area contributed by atoms with Crippen molar-refractivity contribution >= 4 is 23.3 Å². The molecule has 7 nitrogen and oxygen atoms in total. The van der Waals surface area contributed by atoms with Gasteiger partial charge in [-0.3, -0.25) is 10.1 Å². The molecule has 3 rings (SSSR count). The summed E-state index contributed by atoms with van der Waals surface area (Å²) in [5, 5.41) is 16.0. The molecule has 0 amide bonds. The van der Waals surface area contributed by atoms with E-state index in [4.69, 9.17) is 16.3 Å². The number of carbonyl (C=O) groups excluding carboxylic acids is 1. The van der Waals surface area contributed by atoms with Gasteiger partial charge in [0.2, 0.25) is 5.88 Å². The predicted molar refractivity (Wildman–Crippen MR) is 105 cm³/mol. The molecular weight excluding hydrogens is 382 g/mol. The third kappa shape index (κ3) is 4.20. The topological polar surface area (TPSA) is 87.3 Å². The van der Waals surface area contributed by atoms with Gasteiger partial charge >= 0.3 is 5.97 Å². The number of nitro groups is 1. The Morgan fingerprint density at radius 3 is 2.50 bits per heavy atom. The zero-order chi connectivity index (χ0) is 20.5. The minimum absolute atomic E-state index is 0.0744. The van der Waals surface area contributed by atoms with Gasteiger partial charge in [-0.05, 0) is 24.3 Å². The maximum absolute atomic E-state index is 12.6. The molecule has 0 radical (unpaired) electrons. The Morgan fingerprint density at radius 2 is 1.86 bits per heavy atom. The van der Waals surface area contributed by atoms with E-state index in [9.17, 15) is 14.9 Å². The van der Waals surface area contributed by atoms with Crippen molar-refractivity contribution in [3.05, 3.63) is 81.0 Å². The number of rotatable bonds is 4. The molecule has 28 heavy (non-hydrogen) atoms. The summed E-state index contributed by atoms with van der Waals surface area (Å²) in [6.45, 7) is 5.97. The second kappa shape index (κ2) is 7.44. The molecule has 2 aromatic carbocycles. The molecule has 0 fully saturated rings. The molecule has 144 valence electrons. The van der Waals surface area contributed by atoms with Crippen molar-refractivity contribution in [3.8, 4) is 11.6 Å². The van der Waals surface area contributed by atoms with E-state index in [0.29, 0.717) is 16.4 Å². The van der Waals surface area contributed by atoms with Gasteiger partial charge in [-0.1, -0.05) is 44.5 Å². The molecule has 0 unspecified atom stereocenters. The first-order valence-electron chi connectivity index (χ1n) is 8.48. The highest BCUT2D eigenvalue weighted by Gasteiger charge is 2.23. The molecule has 0 bridgehead atoms. The van der Waals surface area contributed by atoms with Crippen LogP contribution in [-0.4, -0.2) is 20.7 Å². The Hall–Kier alpha value is -3.19. The SMILES string of the molecule is CC(C)(C)c1cc(OC(=O)c2cccc([N+](=O)[O-])c2)n(-c2cccc(Cl)c2)n1. The van der Waals surface area contributed by atoms with E-state index in [1.54, 1.807) is 30.3 Å². The Bertz CT molecular complexity index is 1050. The summed E-state index contributed by atoms with van der Waals surface area (Å²) in [5.74, 6) is -0.518. The number of nitrogens with zero attached hydrogens (tertiary/aromatic N) is 3. The zero-order valence-corrected chi connectivity index (χ0v) is 16.3. The summed E-state index contributed by atoms with van der Waals surface area (Å²) in [6, 6.07) is 14.0. The average Bonchev–Trinajstić information content (AvgIpc) is 3.06. The van der Waals surface area contributed by atoms with Crippen LogP contribution in [0.25, 0.3) is 5.69 Å². The van der Waals surface area contributed by atoms with Crippen molar-refractivity contribution in [2.45, 2.75) is 26.2 Å². The van der Waals surface area contributed by atoms with E-state index in [1.807, 2.05) is 20.8 Å². The summed E-state index contributed by atoms with van der Waals surface area (Å²) < 4.78 is 7.02. The van der Waals surface area contributed by atoms with Crippen molar-refractivity contribution in [1.82, 2.24) is 9.78 Å². The molecule has 0 aliphatic rings. The predicted octanol–water partition coefficient (Wildman–Crippen LogP) is 4.95. The number of nitro benzene ring substituents is 1. The molecular formula is C20H18ClN3O4. The lowest BCUT2D eigenvalue weighted by Gasteiger charge is -2.13. The fraction of sp³-hybridized carbons (Fsp3) is 0.200. The van der Waals surface area contributed by atoms with Gasteiger partial charge in [0.1, 0.15) is 0 Å². The van der Waals surface area contributed by atoms with Crippen molar-refractivity contribution in [1.29, 1.82) is 0 Å².